The van der Waals surface area contributed by atoms with E-state index in [0.29, 0.717) is 19.7 Å². The van der Waals surface area contributed by atoms with Gasteiger partial charge in [-0.1, -0.05) is 24.3 Å². The van der Waals surface area contributed by atoms with E-state index in [4.69, 9.17) is 4.74 Å². The van der Waals surface area contributed by atoms with Crippen LogP contribution in [-0.4, -0.2) is 19.2 Å². The summed E-state index contributed by atoms with van der Waals surface area (Å²) in [5, 5.41) is 5.40. The predicted octanol–water partition coefficient (Wildman–Crippen LogP) is 2.07. The number of urea groups is 1. The van der Waals surface area contributed by atoms with Crippen LogP contribution in [0.4, 0.5) is 4.79 Å². The van der Waals surface area contributed by atoms with Crippen molar-refractivity contribution in [3.63, 3.8) is 0 Å². The fourth-order valence-electron chi connectivity index (χ4n) is 1.35. The fourth-order valence-corrected chi connectivity index (χ4v) is 1.35. The molecule has 0 fully saturated rings. The van der Waals surface area contributed by atoms with Crippen molar-refractivity contribution in [1.29, 1.82) is 0 Å². The van der Waals surface area contributed by atoms with E-state index >= 15 is 0 Å². The zero-order chi connectivity index (χ0) is 12.5. The average molecular weight is 234 g/mol. The number of carbonyl (C=O) groups excluding carboxylic acids is 1. The zero-order valence-electron chi connectivity index (χ0n) is 10.0. The van der Waals surface area contributed by atoms with E-state index in [0.717, 1.165) is 11.3 Å². The van der Waals surface area contributed by atoms with Crippen molar-refractivity contribution in [2.75, 3.05) is 13.2 Å². The number of carbonyl (C=O) groups is 1. The minimum absolute atomic E-state index is 0.212. The molecular formula is C13H18N2O2. The molecule has 0 radical (unpaired) electrons. The minimum Gasteiger partial charge on any atom is -0.494 e. The number of amides is 2. The summed E-state index contributed by atoms with van der Waals surface area (Å²) in [5.74, 6) is 0.805. The Balaban J connectivity index is 2.50. The summed E-state index contributed by atoms with van der Waals surface area (Å²) in [6.45, 7) is 6.97. The molecule has 92 valence electrons. The van der Waals surface area contributed by atoms with E-state index in [-0.39, 0.29) is 6.03 Å². The van der Waals surface area contributed by atoms with Crippen LogP contribution in [0.25, 0.3) is 0 Å². The van der Waals surface area contributed by atoms with E-state index < -0.39 is 0 Å². The van der Waals surface area contributed by atoms with Gasteiger partial charge in [-0.3, -0.25) is 0 Å². The lowest BCUT2D eigenvalue weighted by Gasteiger charge is -2.11. The molecule has 0 aliphatic heterocycles. The Hall–Kier alpha value is -1.97. The van der Waals surface area contributed by atoms with Crippen molar-refractivity contribution in [3.05, 3.63) is 42.5 Å². The van der Waals surface area contributed by atoms with Crippen molar-refractivity contribution >= 4 is 6.03 Å². The van der Waals surface area contributed by atoms with Crippen LogP contribution in [0.3, 0.4) is 0 Å². The lowest BCUT2D eigenvalue weighted by molar-refractivity contribution is 0.241. The molecule has 1 rings (SSSR count). The van der Waals surface area contributed by atoms with E-state index in [2.05, 4.69) is 17.2 Å². The van der Waals surface area contributed by atoms with Crippen molar-refractivity contribution in [3.8, 4) is 5.75 Å². The molecule has 4 heteroatoms. The van der Waals surface area contributed by atoms with Crippen molar-refractivity contribution < 1.29 is 9.53 Å². The summed E-state index contributed by atoms with van der Waals surface area (Å²) in [5.41, 5.74) is 0.961. The number of ether oxygens (including phenoxy) is 1. The Morgan fingerprint density at radius 1 is 1.41 bits per heavy atom. The van der Waals surface area contributed by atoms with Crippen molar-refractivity contribution in [2.24, 2.45) is 0 Å². The van der Waals surface area contributed by atoms with Gasteiger partial charge in [0, 0.05) is 18.7 Å². The van der Waals surface area contributed by atoms with Gasteiger partial charge in [0.2, 0.25) is 0 Å². The van der Waals surface area contributed by atoms with Gasteiger partial charge >= 0.3 is 6.03 Å². The van der Waals surface area contributed by atoms with E-state index in [1.54, 1.807) is 6.08 Å². The smallest absolute Gasteiger partial charge is 0.315 e. The first kappa shape index (κ1) is 13.1. The highest BCUT2D eigenvalue weighted by atomic mass is 16.5. The van der Waals surface area contributed by atoms with Gasteiger partial charge in [-0.2, -0.15) is 0 Å². The van der Waals surface area contributed by atoms with Gasteiger partial charge in [-0.15, -0.1) is 6.58 Å². The minimum atomic E-state index is -0.212. The Bertz CT molecular complexity index is 377. The predicted molar refractivity (Wildman–Crippen MR) is 68.0 cm³/mol. The first-order valence-electron chi connectivity index (χ1n) is 5.61. The normalized spacial score (nSPS) is 9.47. The average Bonchev–Trinajstić information content (AvgIpc) is 2.35. The molecule has 2 amide bonds. The summed E-state index contributed by atoms with van der Waals surface area (Å²) >= 11 is 0. The highest BCUT2D eigenvalue weighted by Crippen LogP contribution is 2.17. The van der Waals surface area contributed by atoms with Crippen LogP contribution in [0.1, 0.15) is 12.5 Å². The number of hydrogen-bond acceptors (Lipinski definition) is 2. The fraction of sp³-hybridized carbons (Fsp3) is 0.308. The molecule has 0 spiro atoms. The maximum Gasteiger partial charge on any atom is 0.315 e. The number of nitrogens with one attached hydrogen (secondary N) is 2. The standard InChI is InChI=1S/C13H18N2O2/c1-3-9-14-13(16)15-10-11-7-5-6-8-12(11)17-4-2/h3,5-8H,1,4,9-10H2,2H3,(H2,14,15,16). The third kappa shape index (κ3) is 4.59. The van der Waals surface area contributed by atoms with Gasteiger partial charge < -0.3 is 15.4 Å². The van der Waals surface area contributed by atoms with E-state index in [1.807, 2.05) is 31.2 Å². The van der Waals surface area contributed by atoms with Crippen molar-refractivity contribution in [1.82, 2.24) is 10.6 Å². The molecule has 1 aromatic rings. The summed E-state index contributed by atoms with van der Waals surface area (Å²) < 4.78 is 5.46. The first-order chi connectivity index (χ1) is 8.27. The zero-order valence-corrected chi connectivity index (χ0v) is 10.0. The molecule has 0 saturated heterocycles. The lowest BCUT2D eigenvalue weighted by atomic mass is 10.2. The SMILES string of the molecule is C=CCNC(=O)NCc1ccccc1OCC. The van der Waals surface area contributed by atoms with E-state index in [9.17, 15) is 4.79 Å². The Kier molecular flexibility index (Phi) is 5.64. The molecule has 0 aliphatic rings. The van der Waals surface area contributed by atoms with Crippen LogP contribution in [0, 0.1) is 0 Å². The van der Waals surface area contributed by atoms with Gasteiger partial charge in [0.15, 0.2) is 0 Å². The molecule has 0 aromatic heterocycles. The molecule has 1 aromatic carbocycles. The number of rotatable bonds is 6. The Morgan fingerprint density at radius 3 is 2.88 bits per heavy atom. The van der Waals surface area contributed by atoms with Crippen LogP contribution >= 0.6 is 0 Å². The summed E-state index contributed by atoms with van der Waals surface area (Å²) in [6.07, 6.45) is 1.63. The second kappa shape index (κ2) is 7.33. The maximum atomic E-state index is 11.3. The van der Waals surface area contributed by atoms with Crippen LogP contribution in [0.2, 0.25) is 0 Å². The second-order valence-electron chi connectivity index (χ2n) is 3.39. The third-order valence-electron chi connectivity index (χ3n) is 2.12. The highest BCUT2D eigenvalue weighted by molar-refractivity contribution is 5.74. The van der Waals surface area contributed by atoms with Crippen molar-refractivity contribution in [2.45, 2.75) is 13.5 Å². The largest absolute Gasteiger partial charge is 0.494 e. The molecule has 0 bridgehead atoms. The number of hydrogen-bond donors (Lipinski definition) is 2. The van der Waals surface area contributed by atoms with Gasteiger partial charge in [0.05, 0.1) is 6.61 Å². The third-order valence-corrected chi connectivity index (χ3v) is 2.12. The first-order valence-corrected chi connectivity index (χ1v) is 5.61. The molecule has 4 nitrogen and oxygen atoms in total. The maximum absolute atomic E-state index is 11.3. The molecular weight excluding hydrogens is 216 g/mol. The van der Waals surface area contributed by atoms with Crippen LogP contribution in [0.5, 0.6) is 5.75 Å². The monoisotopic (exact) mass is 234 g/mol. The summed E-state index contributed by atoms with van der Waals surface area (Å²) in [4.78, 5) is 11.3. The Labute approximate surface area is 102 Å². The second-order valence-corrected chi connectivity index (χ2v) is 3.39. The number of benzene rings is 1. The molecule has 0 atom stereocenters. The lowest BCUT2D eigenvalue weighted by Crippen LogP contribution is -2.35. The molecule has 0 saturated carbocycles. The van der Waals surface area contributed by atoms with Gasteiger partial charge in [-0.25, -0.2) is 4.79 Å². The summed E-state index contributed by atoms with van der Waals surface area (Å²) in [6, 6.07) is 7.44. The molecule has 0 aliphatic carbocycles. The Morgan fingerprint density at radius 2 is 2.18 bits per heavy atom. The number of para-hydroxylation sites is 1. The van der Waals surface area contributed by atoms with Gasteiger partial charge in [0.25, 0.3) is 0 Å². The topological polar surface area (TPSA) is 50.4 Å². The van der Waals surface area contributed by atoms with Gasteiger partial charge in [0.1, 0.15) is 5.75 Å². The summed E-state index contributed by atoms with van der Waals surface area (Å²) in [7, 11) is 0. The molecule has 0 heterocycles. The molecule has 0 unspecified atom stereocenters. The van der Waals surface area contributed by atoms with Crippen LogP contribution in [0.15, 0.2) is 36.9 Å². The van der Waals surface area contributed by atoms with E-state index in [1.165, 1.54) is 0 Å². The highest BCUT2D eigenvalue weighted by Gasteiger charge is 2.03. The van der Waals surface area contributed by atoms with Crippen LogP contribution in [-0.2, 0) is 6.54 Å². The van der Waals surface area contributed by atoms with Crippen LogP contribution < -0.4 is 15.4 Å². The quantitative estimate of drug-likeness (QED) is 0.740. The van der Waals surface area contributed by atoms with Gasteiger partial charge in [-0.05, 0) is 13.0 Å². The molecule has 17 heavy (non-hydrogen) atoms. The molecule has 2 N–H and O–H groups in total.